The summed E-state index contributed by atoms with van der Waals surface area (Å²) in [5.41, 5.74) is 0. The highest BCUT2D eigenvalue weighted by atomic mass is 15.1. The maximum atomic E-state index is 4.50. The first-order valence-electron chi connectivity index (χ1n) is 10.7. The zero-order chi connectivity index (χ0) is 16.4. The van der Waals surface area contributed by atoms with Crippen LogP contribution in [0, 0.1) is 0 Å². The SMILES string of the molecule is CCCCCCCCCCCCCCCCCC=NC1CCN1. The van der Waals surface area contributed by atoms with Crippen molar-refractivity contribution in [2.45, 2.75) is 122 Å². The third-order valence-electron chi connectivity index (χ3n) is 5.02. The van der Waals surface area contributed by atoms with Gasteiger partial charge in [0.05, 0.1) is 0 Å². The second-order valence-electron chi connectivity index (χ2n) is 7.33. The highest BCUT2D eigenvalue weighted by Crippen LogP contribution is 2.13. The Balaban J connectivity index is 1.64. The van der Waals surface area contributed by atoms with Gasteiger partial charge in [-0.2, -0.15) is 0 Å². The molecule has 1 heterocycles. The van der Waals surface area contributed by atoms with Gasteiger partial charge in [0.1, 0.15) is 6.17 Å². The fraction of sp³-hybridized carbons (Fsp3) is 0.952. The molecule has 2 heteroatoms. The molecule has 1 rings (SSSR count). The van der Waals surface area contributed by atoms with Crippen LogP contribution in [0.15, 0.2) is 4.99 Å². The van der Waals surface area contributed by atoms with Crippen LogP contribution in [-0.2, 0) is 0 Å². The molecule has 136 valence electrons. The van der Waals surface area contributed by atoms with Crippen LogP contribution in [0.1, 0.15) is 116 Å². The molecule has 0 bridgehead atoms. The molecular weight excluding hydrogens is 280 g/mol. The number of hydrogen-bond donors (Lipinski definition) is 1. The lowest BCUT2D eigenvalue weighted by molar-refractivity contribution is 0.385. The molecule has 0 spiro atoms. The summed E-state index contributed by atoms with van der Waals surface area (Å²) in [6.45, 7) is 3.45. The number of unbranched alkanes of at least 4 members (excludes halogenated alkanes) is 15. The largest absolute Gasteiger partial charge is 0.296 e. The first-order chi connectivity index (χ1) is 11.4. The van der Waals surface area contributed by atoms with Crippen LogP contribution in [0.4, 0.5) is 0 Å². The third-order valence-corrected chi connectivity index (χ3v) is 5.02. The molecule has 1 unspecified atom stereocenters. The molecule has 0 amide bonds. The summed E-state index contributed by atoms with van der Waals surface area (Å²) in [6.07, 6.45) is 26.6. The number of nitrogens with one attached hydrogen (secondary N) is 1. The Kier molecular flexibility index (Phi) is 14.8. The fourth-order valence-corrected chi connectivity index (χ4v) is 3.21. The van der Waals surface area contributed by atoms with Gasteiger partial charge in [0.25, 0.3) is 0 Å². The number of hydrogen-bond acceptors (Lipinski definition) is 2. The molecule has 0 aliphatic carbocycles. The second kappa shape index (κ2) is 16.5. The number of nitrogens with zero attached hydrogens (tertiary/aromatic N) is 1. The van der Waals surface area contributed by atoms with E-state index in [1.165, 1.54) is 109 Å². The second-order valence-corrected chi connectivity index (χ2v) is 7.33. The summed E-state index contributed by atoms with van der Waals surface area (Å²) < 4.78 is 0. The zero-order valence-corrected chi connectivity index (χ0v) is 15.8. The molecule has 2 nitrogen and oxygen atoms in total. The van der Waals surface area contributed by atoms with Crippen LogP contribution in [0.2, 0.25) is 0 Å². The molecular formula is C21H42N2. The van der Waals surface area contributed by atoms with E-state index in [-0.39, 0.29) is 0 Å². The minimum atomic E-state index is 0.450. The predicted octanol–water partition coefficient (Wildman–Crippen LogP) is 6.64. The average molecular weight is 323 g/mol. The van der Waals surface area contributed by atoms with Gasteiger partial charge in [-0.25, -0.2) is 0 Å². The maximum absolute atomic E-state index is 4.50. The maximum Gasteiger partial charge on any atom is 0.100 e. The number of aliphatic imine (C=N–C) groups is 1. The molecule has 1 N–H and O–H groups in total. The minimum absolute atomic E-state index is 0.450. The van der Waals surface area contributed by atoms with Gasteiger partial charge in [0, 0.05) is 12.8 Å². The Hall–Kier alpha value is -0.370. The summed E-state index contributed by atoms with van der Waals surface area (Å²) in [6, 6.07) is 0. The van der Waals surface area contributed by atoms with Gasteiger partial charge in [-0.1, -0.05) is 96.8 Å². The molecule has 1 atom stereocenters. The lowest BCUT2D eigenvalue weighted by Gasteiger charge is -2.22. The van der Waals surface area contributed by atoms with E-state index in [1.54, 1.807) is 0 Å². The van der Waals surface area contributed by atoms with E-state index in [9.17, 15) is 0 Å². The molecule has 0 saturated carbocycles. The molecule has 0 aromatic carbocycles. The monoisotopic (exact) mass is 322 g/mol. The Bertz CT molecular complexity index is 259. The van der Waals surface area contributed by atoms with Crippen LogP contribution in [0.5, 0.6) is 0 Å². The summed E-state index contributed by atoms with van der Waals surface area (Å²) >= 11 is 0. The molecule has 0 aromatic heterocycles. The quantitative estimate of drug-likeness (QED) is 0.235. The van der Waals surface area contributed by atoms with Crippen molar-refractivity contribution >= 4 is 6.21 Å². The van der Waals surface area contributed by atoms with Crippen molar-refractivity contribution in [1.29, 1.82) is 0 Å². The normalized spacial score (nSPS) is 17.7. The Morgan fingerprint density at radius 3 is 1.57 bits per heavy atom. The van der Waals surface area contributed by atoms with E-state index in [1.807, 2.05) is 0 Å². The van der Waals surface area contributed by atoms with Crippen LogP contribution >= 0.6 is 0 Å². The zero-order valence-electron chi connectivity index (χ0n) is 15.8. The van der Waals surface area contributed by atoms with Gasteiger partial charge in [-0.3, -0.25) is 10.3 Å². The standard InChI is InChI=1S/C21H42N2/c1-2-3-4-5-6-7-8-9-10-11-12-13-14-15-16-17-19-22-21-18-20-23-21/h19,21,23H,2-18,20H2,1H3. The molecule has 1 aliphatic heterocycles. The van der Waals surface area contributed by atoms with Gasteiger partial charge in [0.2, 0.25) is 0 Å². The van der Waals surface area contributed by atoms with Crippen molar-refractivity contribution in [3.8, 4) is 0 Å². The van der Waals surface area contributed by atoms with Crippen LogP contribution in [-0.4, -0.2) is 18.9 Å². The topological polar surface area (TPSA) is 24.4 Å². The highest BCUT2D eigenvalue weighted by molar-refractivity contribution is 5.57. The van der Waals surface area contributed by atoms with E-state index in [2.05, 4.69) is 23.4 Å². The van der Waals surface area contributed by atoms with Crippen LogP contribution in [0.3, 0.4) is 0 Å². The van der Waals surface area contributed by atoms with Crippen molar-refractivity contribution in [2.24, 2.45) is 4.99 Å². The van der Waals surface area contributed by atoms with E-state index >= 15 is 0 Å². The number of rotatable bonds is 17. The van der Waals surface area contributed by atoms with E-state index in [4.69, 9.17) is 0 Å². The summed E-state index contributed by atoms with van der Waals surface area (Å²) in [7, 11) is 0. The predicted molar refractivity (Wildman–Crippen MR) is 104 cm³/mol. The summed E-state index contributed by atoms with van der Waals surface area (Å²) in [4.78, 5) is 4.50. The first-order valence-corrected chi connectivity index (χ1v) is 10.7. The Morgan fingerprint density at radius 2 is 1.17 bits per heavy atom. The average Bonchev–Trinajstić information content (AvgIpc) is 2.52. The van der Waals surface area contributed by atoms with E-state index in [0.29, 0.717) is 6.17 Å². The lowest BCUT2D eigenvalue weighted by Crippen LogP contribution is -2.41. The first kappa shape index (κ1) is 20.7. The van der Waals surface area contributed by atoms with Crippen molar-refractivity contribution in [2.75, 3.05) is 6.54 Å². The van der Waals surface area contributed by atoms with Crippen LogP contribution < -0.4 is 5.32 Å². The van der Waals surface area contributed by atoms with Crippen molar-refractivity contribution in [1.82, 2.24) is 5.32 Å². The van der Waals surface area contributed by atoms with Crippen LogP contribution in [0.25, 0.3) is 0 Å². The van der Waals surface area contributed by atoms with Gasteiger partial charge in [-0.15, -0.1) is 0 Å². The molecule has 0 aromatic rings. The molecule has 1 aliphatic rings. The van der Waals surface area contributed by atoms with Gasteiger partial charge in [0.15, 0.2) is 0 Å². The lowest BCUT2D eigenvalue weighted by atomic mass is 10.0. The van der Waals surface area contributed by atoms with Crippen molar-refractivity contribution in [3.63, 3.8) is 0 Å². The smallest absolute Gasteiger partial charge is 0.100 e. The van der Waals surface area contributed by atoms with Crippen molar-refractivity contribution in [3.05, 3.63) is 0 Å². The van der Waals surface area contributed by atoms with E-state index < -0.39 is 0 Å². The third kappa shape index (κ3) is 13.7. The van der Waals surface area contributed by atoms with Crippen molar-refractivity contribution < 1.29 is 0 Å². The molecule has 1 fully saturated rings. The van der Waals surface area contributed by atoms with E-state index in [0.717, 1.165) is 6.54 Å². The van der Waals surface area contributed by atoms with Gasteiger partial charge < -0.3 is 0 Å². The molecule has 23 heavy (non-hydrogen) atoms. The van der Waals surface area contributed by atoms with Gasteiger partial charge in [-0.05, 0) is 19.3 Å². The van der Waals surface area contributed by atoms with Gasteiger partial charge >= 0.3 is 0 Å². The molecule has 0 radical (unpaired) electrons. The molecule has 1 saturated heterocycles. The fourth-order valence-electron chi connectivity index (χ4n) is 3.21. The summed E-state index contributed by atoms with van der Waals surface area (Å²) in [5, 5.41) is 3.30. The highest BCUT2D eigenvalue weighted by Gasteiger charge is 2.12. The Morgan fingerprint density at radius 1 is 0.739 bits per heavy atom. The minimum Gasteiger partial charge on any atom is -0.296 e. The Labute approximate surface area is 145 Å². The summed E-state index contributed by atoms with van der Waals surface area (Å²) in [5.74, 6) is 0.